The minimum Gasteiger partial charge on any atom is -0.372 e. The van der Waals surface area contributed by atoms with Crippen molar-refractivity contribution in [3.8, 4) is 0 Å². The summed E-state index contributed by atoms with van der Waals surface area (Å²) in [5, 5.41) is 3.63. The van der Waals surface area contributed by atoms with Crippen LogP contribution in [0.25, 0.3) is 0 Å². The molecule has 1 aliphatic rings. The second-order valence-corrected chi connectivity index (χ2v) is 6.28. The monoisotopic (exact) mass is 324 g/mol. The topological polar surface area (TPSA) is 15.3 Å². The van der Waals surface area contributed by atoms with E-state index in [4.69, 9.17) is 0 Å². The van der Waals surface area contributed by atoms with Crippen LogP contribution >= 0.6 is 15.9 Å². The molecule has 19 heavy (non-hydrogen) atoms. The van der Waals surface area contributed by atoms with Crippen LogP contribution in [-0.2, 0) is 6.54 Å². The lowest BCUT2D eigenvalue weighted by Crippen LogP contribution is -2.26. The van der Waals surface area contributed by atoms with Gasteiger partial charge in [-0.1, -0.05) is 35.3 Å². The van der Waals surface area contributed by atoms with Gasteiger partial charge >= 0.3 is 0 Å². The van der Waals surface area contributed by atoms with Gasteiger partial charge in [0.2, 0.25) is 0 Å². The van der Waals surface area contributed by atoms with Gasteiger partial charge in [0.1, 0.15) is 0 Å². The van der Waals surface area contributed by atoms with Gasteiger partial charge in [0.05, 0.1) is 0 Å². The zero-order valence-electron chi connectivity index (χ0n) is 12.1. The molecule has 0 bridgehead atoms. The number of hydrogen-bond donors (Lipinski definition) is 1. The second kappa shape index (κ2) is 7.30. The van der Waals surface area contributed by atoms with E-state index in [1.54, 1.807) is 0 Å². The van der Waals surface area contributed by atoms with Gasteiger partial charge in [0, 0.05) is 35.8 Å². The largest absolute Gasteiger partial charge is 0.372 e. The molecule has 1 N–H and O–H groups in total. The number of nitrogens with one attached hydrogen (secondary N) is 1. The van der Waals surface area contributed by atoms with Gasteiger partial charge in [0.25, 0.3) is 0 Å². The molecule has 0 radical (unpaired) electrons. The molecule has 0 amide bonds. The van der Waals surface area contributed by atoms with Crippen molar-refractivity contribution in [2.45, 2.75) is 52.1 Å². The zero-order chi connectivity index (χ0) is 13.7. The number of unbranched alkanes of at least 4 members (excludes halogenated alkanes) is 1. The van der Waals surface area contributed by atoms with Crippen LogP contribution in [0.4, 0.5) is 5.69 Å². The van der Waals surface area contributed by atoms with Crippen molar-refractivity contribution in [3.05, 3.63) is 28.2 Å². The number of anilines is 1. The first-order valence-corrected chi connectivity index (χ1v) is 8.30. The molecule has 0 saturated heterocycles. The lowest BCUT2D eigenvalue weighted by atomic mass is 10.1. The third-order valence-electron chi connectivity index (χ3n) is 3.71. The van der Waals surface area contributed by atoms with E-state index in [0.717, 1.165) is 25.7 Å². The molecule has 1 aromatic carbocycles. The Morgan fingerprint density at radius 2 is 2.11 bits per heavy atom. The van der Waals surface area contributed by atoms with E-state index in [9.17, 15) is 0 Å². The molecule has 0 aliphatic heterocycles. The number of halogens is 1. The van der Waals surface area contributed by atoms with Crippen LogP contribution in [0.1, 0.15) is 45.1 Å². The average Bonchev–Trinajstić information content (AvgIpc) is 3.23. The first kappa shape index (κ1) is 14.9. The molecule has 1 saturated carbocycles. The van der Waals surface area contributed by atoms with E-state index >= 15 is 0 Å². The molecular formula is C16H25BrN2. The van der Waals surface area contributed by atoms with Gasteiger partial charge in [0.15, 0.2) is 0 Å². The highest BCUT2D eigenvalue weighted by molar-refractivity contribution is 9.10. The van der Waals surface area contributed by atoms with Gasteiger partial charge in [-0.2, -0.15) is 0 Å². The first-order valence-electron chi connectivity index (χ1n) is 7.51. The molecule has 2 nitrogen and oxygen atoms in total. The summed E-state index contributed by atoms with van der Waals surface area (Å²) in [7, 11) is 0. The third-order valence-corrected chi connectivity index (χ3v) is 4.20. The van der Waals surface area contributed by atoms with Gasteiger partial charge < -0.3 is 10.2 Å². The van der Waals surface area contributed by atoms with E-state index in [-0.39, 0.29) is 0 Å². The fourth-order valence-electron chi connectivity index (χ4n) is 2.32. The van der Waals surface area contributed by atoms with Crippen molar-refractivity contribution >= 4 is 21.6 Å². The number of hydrogen-bond acceptors (Lipinski definition) is 2. The standard InChI is InChI=1S/C16H25BrN2/c1-3-5-10-19(4-2)16-11-14(17)7-6-13(16)12-18-15-8-9-15/h6-7,11,15,18H,3-5,8-10,12H2,1-2H3. The average molecular weight is 325 g/mol. The molecule has 2 rings (SSSR count). The van der Waals surface area contributed by atoms with Crippen molar-refractivity contribution in [1.29, 1.82) is 0 Å². The maximum absolute atomic E-state index is 3.63. The van der Waals surface area contributed by atoms with Crippen molar-refractivity contribution in [1.82, 2.24) is 5.32 Å². The van der Waals surface area contributed by atoms with Crippen LogP contribution in [0.5, 0.6) is 0 Å². The maximum Gasteiger partial charge on any atom is 0.0423 e. The van der Waals surface area contributed by atoms with Crippen LogP contribution in [-0.4, -0.2) is 19.1 Å². The molecule has 1 fully saturated rings. The lowest BCUT2D eigenvalue weighted by Gasteiger charge is -2.26. The van der Waals surface area contributed by atoms with Crippen LogP contribution < -0.4 is 10.2 Å². The molecule has 0 aromatic heterocycles. The van der Waals surface area contributed by atoms with Gasteiger partial charge in [-0.3, -0.25) is 0 Å². The Morgan fingerprint density at radius 3 is 2.74 bits per heavy atom. The molecule has 1 aromatic rings. The summed E-state index contributed by atoms with van der Waals surface area (Å²) in [5.74, 6) is 0. The summed E-state index contributed by atoms with van der Waals surface area (Å²) >= 11 is 3.61. The Morgan fingerprint density at radius 1 is 1.32 bits per heavy atom. The highest BCUT2D eigenvalue weighted by Gasteiger charge is 2.21. The molecule has 1 aliphatic carbocycles. The predicted octanol–water partition coefficient (Wildman–Crippen LogP) is 4.33. The molecule has 0 atom stereocenters. The Hall–Kier alpha value is -0.540. The molecule has 0 unspecified atom stereocenters. The SMILES string of the molecule is CCCCN(CC)c1cc(Br)ccc1CNC1CC1. The molecule has 0 heterocycles. The van der Waals surface area contributed by atoms with E-state index < -0.39 is 0 Å². The fourth-order valence-corrected chi connectivity index (χ4v) is 2.67. The Labute approximate surface area is 125 Å². The highest BCUT2D eigenvalue weighted by Crippen LogP contribution is 2.27. The summed E-state index contributed by atoms with van der Waals surface area (Å²) in [6, 6.07) is 7.44. The van der Waals surface area contributed by atoms with Crippen molar-refractivity contribution in [2.75, 3.05) is 18.0 Å². The van der Waals surface area contributed by atoms with Crippen LogP contribution in [0.15, 0.2) is 22.7 Å². The highest BCUT2D eigenvalue weighted by atomic mass is 79.9. The van der Waals surface area contributed by atoms with Gasteiger partial charge in [-0.25, -0.2) is 0 Å². The Bertz CT molecular complexity index is 402. The molecular weight excluding hydrogens is 300 g/mol. The summed E-state index contributed by atoms with van der Waals surface area (Å²) < 4.78 is 1.17. The predicted molar refractivity (Wildman–Crippen MR) is 86.8 cm³/mol. The molecule has 106 valence electrons. The molecule has 3 heteroatoms. The van der Waals surface area contributed by atoms with Crippen LogP contribution in [0, 0.1) is 0 Å². The van der Waals surface area contributed by atoms with Gasteiger partial charge in [-0.15, -0.1) is 0 Å². The van der Waals surface area contributed by atoms with E-state index in [0.29, 0.717) is 0 Å². The Kier molecular flexibility index (Phi) is 5.71. The summed E-state index contributed by atoms with van der Waals surface area (Å²) in [6.45, 7) is 7.72. The summed E-state index contributed by atoms with van der Waals surface area (Å²) in [4.78, 5) is 2.50. The zero-order valence-corrected chi connectivity index (χ0v) is 13.7. The van der Waals surface area contributed by atoms with Crippen molar-refractivity contribution in [2.24, 2.45) is 0 Å². The molecule has 0 spiro atoms. The minimum absolute atomic E-state index is 0.766. The quantitative estimate of drug-likeness (QED) is 0.765. The maximum atomic E-state index is 3.63. The van der Waals surface area contributed by atoms with E-state index in [1.807, 2.05) is 0 Å². The second-order valence-electron chi connectivity index (χ2n) is 5.36. The fraction of sp³-hybridized carbons (Fsp3) is 0.625. The minimum atomic E-state index is 0.766. The lowest BCUT2D eigenvalue weighted by molar-refractivity contribution is 0.678. The van der Waals surface area contributed by atoms with Gasteiger partial charge in [-0.05, 0) is 43.9 Å². The Balaban J connectivity index is 2.10. The first-order chi connectivity index (χ1) is 9.24. The van der Waals surface area contributed by atoms with Crippen molar-refractivity contribution < 1.29 is 0 Å². The van der Waals surface area contributed by atoms with Crippen LogP contribution in [0.2, 0.25) is 0 Å². The number of rotatable bonds is 8. The van der Waals surface area contributed by atoms with Crippen molar-refractivity contribution in [3.63, 3.8) is 0 Å². The summed E-state index contributed by atoms with van der Waals surface area (Å²) in [5.41, 5.74) is 2.81. The smallest absolute Gasteiger partial charge is 0.0423 e. The number of benzene rings is 1. The normalized spacial score (nSPS) is 14.7. The summed E-state index contributed by atoms with van der Waals surface area (Å²) in [6.07, 6.45) is 5.20. The number of nitrogens with zero attached hydrogens (tertiary/aromatic N) is 1. The van der Waals surface area contributed by atoms with E-state index in [1.165, 1.54) is 41.4 Å². The van der Waals surface area contributed by atoms with E-state index in [2.05, 4.69) is 58.2 Å². The third kappa shape index (κ3) is 4.50. The van der Waals surface area contributed by atoms with Crippen LogP contribution in [0.3, 0.4) is 0 Å².